The lowest BCUT2D eigenvalue weighted by Gasteiger charge is -2.06. The molecule has 0 saturated carbocycles. The molecule has 1 heterocycles. The summed E-state index contributed by atoms with van der Waals surface area (Å²) in [6.07, 6.45) is 0. The number of ether oxygens (including phenoxy) is 1. The Morgan fingerprint density at radius 2 is 2.33 bits per heavy atom. The molecule has 2 rings (SSSR count). The number of carbonyl (C=O) groups is 2. The molecule has 0 radical (unpaired) electrons. The average molecular weight is 207 g/mol. The molecule has 1 aliphatic rings. The molecule has 1 amide bonds. The Morgan fingerprint density at radius 1 is 1.53 bits per heavy atom. The second kappa shape index (κ2) is 3.61. The Kier molecular flexibility index (Phi) is 2.29. The minimum absolute atomic E-state index is 0.147. The summed E-state index contributed by atoms with van der Waals surface area (Å²) in [6, 6.07) is 5.01. The first-order valence-corrected chi connectivity index (χ1v) is 4.43. The molecule has 0 saturated heterocycles. The van der Waals surface area contributed by atoms with Crippen LogP contribution in [-0.2, 0) is 11.3 Å². The molecule has 0 spiro atoms. The van der Waals surface area contributed by atoms with Crippen molar-refractivity contribution < 1.29 is 19.4 Å². The standard InChI is InChI=1S/C10H9NO4/c12-9(13)5-15-8-3-1-2-6-7(8)4-11-10(6)14/h1-3H,4-5H2,(H,11,14)(H,12,13). The molecule has 5 heteroatoms. The highest BCUT2D eigenvalue weighted by molar-refractivity contribution is 5.99. The predicted molar refractivity (Wildman–Crippen MR) is 50.7 cm³/mol. The second-order valence-electron chi connectivity index (χ2n) is 3.15. The summed E-state index contributed by atoms with van der Waals surface area (Å²) in [5, 5.41) is 11.1. The molecule has 0 aliphatic carbocycles. The summed E-state index contributed by atoms with van der Waals surface area (Å²) in [4.78, 5) is 21.6. The molecule has 15 heavy (non-hydrogen) atoms. The number of carbonyl (C=O) groups excluding carboxylic acids is 1. The Hall–Kier alpha value is -2.04. The highest BCUT2D eigenvalue weighted by Gasteiger charge is 2.22. The van der Waals surface area contributed by atoms with E-state index in [-0.39, 0.29) is 5.91 Å². The zero-order valence-electron chi connectivity index (χ0n) is 7.82. The van der Waals surface area contributed by atoms with E-state index in [0.29, 0.717) is 17.9 Å². The highest BCUT2D eigenvalue weighted by atomic mass is 16.5. The van der Waals surface area contributed by atoms with Gasteiger partial charge in [0.05, 0.1) is 0 Å². The highest BCUT2D eigenvalue weighted by Crippen LogP contribution is 2.25. The van der Waals surface area contributed by atoms with E-state index >= 15 is 0 Å². The molecule has 0 atom stereocenters. The van der Waals surface area contributed by atoms with Crippen molar-refractivity contribution in [3.63, 3.8) is 0 Å². The van der Waals surface area contributed by atoms with E-state index in [1.807, 2.05) is 0 Å². The zero-order valence-corrected chi connectivity index (χ0v) is 7.82. The van der Waals surface area contributed by atoms with Crippen molar-refractivity contribution in [3.05, 3.63) is 29.3 Å². The molecule has 0 fully saturated rings. The number of carboxylic acid groups (broad SMARTS) is 1. The number of benzene rings is 1. The van der Waals surface area contributed by atoms with Crippen LogP contribution in [0, 0.1) is 0 Å². The maximum Gasteiger partial charge on any atom is 0.341 e. The van der Waals surface area contributed by atoms with E-state index < -0.39 is 12.6 Å². The van der Waals surface area contributed by atoms with Gasteiger partial charge in [-0.15, -0.1) is 0 Å². The van der Waals surface area contributed by atoms with E-state index in [0.717, 1.165) is 5.56 Å². The van der Waals surface area contributed by atoms with Crippen LogP contribution in [0.25, 0.3) is 0 Å². The molecule has 0 unspecified atom stereocenters. The van der Waals surface area contributed by atoms with Crippen LogP contribution in [0.1, 0.15) is 15.9 Å². The first-order valence-electron chi connectivity index (χ1n) is 4.43. The number of rotatable bonds is 3. The van der Waals surface area contributed by atoms with Gasteiger partial charge in [0.25, 0.3) is 5.91 Å². The largest absolute Gasteiger partial charge is 0.482 e. The summed E-state index contributed by atoms with van der Waals surface area (Å²) in [5.41, 5.74) is 1.28. The number of hydrogen-bond donors (Lipinski definition) is 2. The van der Waals surface area contributed by atoms with Gasteiger partial charge in [-0.2, -0.15) is 0 Å². The summed E-state index contributed by atoms with van der Waals surface area (Å²) in [6.45, 7) is -0.00535. The van der Waals surface area contributed by atoms with Gasteiger partial charge in [-0.05, 0) is 12.1 Å². The van der Waals surface area contributed by atoms with Crippen LogP contribution in [0.5, 0.6) is 5.75 Å². The van der Waals surface area contributed by atoms with Gasteiger partial charge in [-0.3, -0.25) is 4.79 Å². The van der Waals surface area contributed by atoms with Gasteiger partial charge in [-0.25, -0.2) is 4.79 Å². The smallest absolute Gasteiger partial charge is 0.341 e. The molecule has 5 nitrogen and oxygen atoms in total. The summed E-state index contributed by atoms with van der Waals surface area (Å²) in [5.74, 6) is -0.732. The number of hydrogen-bond acceptors (Lipinski definition) is 3. The van der Waals surface area contributed by atoms with Crippen LogP contribution in [0.3, 0.4) is 0 Å². The lowest BCUT2D eigenvalue weighted by molar-refractivity contribution is -0.139. The molecule has 0 aromatic heterocycles. The van der Waals surface area contributed by atoms with Crippen LogP contribution >= 0.6 is 0 Å². The van der Waals surface area contributed by atoms with Crippen LogP contribution in [-0.4, -0.2) is 23.6 Å². The van der Waals surface area contributed by atoms with Gasteiger partial charge in [0.15, 0.2) is 6.61 Å². The summed E-state index contributed by atoms with van der Waals surface area (Å²) < 4.78 is 5.07. The van der Waals surface area contributed by atoms with Crippen molar-refractivity contribution in [2.24, 2.45) is 0 Å². The zero-order chi connectivity index (χ0) is 10.8. The third-order valence-corrected chi connectivity index (χ3v) is 2.15. The van der Waals surface area contributed by atoms with Crippen molar-refractivity contribution >= 4 is 11.9 Å². The first-order chi connectivity index (χ1) is 7.18. The quantitative estimate of drug-likeness (QED) is 0.751. The third-order valence-electron chi connectivity index (χ3n) is 2.15. The van der Waals surface area contributed by atoms with Crippen LogP contribution in [0.15, 0.2) is 18.2 Å². The Morgan fingerprint density at radius 3 is 3.07 bits per heavy atom. The molecule has 78 valence electrons. The fourth-order valence-electron chi connectivity index (χ4n) is 1.50. The lowest BCUT2D eigenvalue weighted by Crippen LogP contribution is -2.12. The van der Waals surface area contributed by atoms with E-state index in [1.165, 1.54) is 0 Å². The predicted octanol–water partition coefficient (Wildman–Crippen LogP) is 0.393. The van der Waals surface area contributed by atoms with E-state index in [9.17, 15) is 9.59 Å². The summed E-state index contributed by atoms with van der Waals surface area (Å²) in [7, 11) is 0. The van der Waals surface area contributed by atoms with Gasteiger partial charge in [0, 0.05) is 17.7 Å². The molecule has 1 aliphatic heterocycles. The van der Waals surface area contributed by atoms with Gasteiger partial charge in [0.1, 0.15) is 5.75 Å². The van der Waals surface area contributed by atoms with Gasteiger partial charge >= 0.3 is 5.97 Å². The number of nitrogens with one attached hydrogen (secondary N) is 1. The third kappa shape index (κ3) is 1.76. The second-order valence-corrected chi connectivity index (χ2v) is 3.15. The van der Waals surface area contributed by atoms with Crippen molar-refractivity contribution in [1.82, 2.24) is 5.32 Å². The molecule has 2 N–H and O–H groups in total. The summed E-state index contributed by atoms with van der Waals surface area (Å²) >= 11 is 0. The number of fused-ring (bicyclic) bond motifs is 1. The maximum atomic E-state index is 11.3. The number of aliphatic carboxylic acids is 1. The van der Waals surface area contributed by atoms with E-state index in [1.54, 1.807) is 18.2 Å². The van der Waals surface area contributed by atoms with Crippen molar-refractivity contribution in [2.75, 3.05) is 6.61 Å². The minimum Gasteiger partial charge on any atom is -0.482 e. The fraction of sp³-hybridized carbons (Fsp3) is 0.200. The SMILES string of the molecule is O=C(O)COc1cccc2c1CNC2=O. The monoisotopic (exact) mass is 207 g/mol. The van der Waals surface area contributed by atoms with E-state index in [2.05, 4.69) is 5.32 Å². The number of carboxylic acids is 1. The Bertz CT molecular complexity index is 427. The van der Waals surface area contributed by atoms with Crippen LogP contribution in [0.4, 0.5) is 0 Å². The Labute approximate surface area is 85.7 Å². The molecule has 1 aromatic carbocycles. The number of amides is 1. The fourth-order valence-corrected chi connectivity index (χ4v) is 1.50. The van der Waals surface area contributed by atoms with Crippen LogP contribution in [0.2, 0.25) is 0 Å². The topological polar surface area (TPSA) is 75.6 Å². The molecular weight excluding hydrogens is 198 g/mol. The van der Waals surface area contributed by atoms with Gasteiger partial charge in [-0.1, -0.05) is 6.07 Å². The van der Waals surface area contributed by atoms with Crippen LogP contribution < -0.4 is 10.1 Å². The first kappa shape index (κ1) is 9.51. The maximum absolute atomic E-state index is 11.3. The van der Waals surface area contributed by atoms with Gasteiger partial charge in [0.2, 0.25) is 0 Å². The molecular formula is C10H9NO4. The average Bonchev–Trinajstić information content (AvgIpc) is 2.58. The normalized spacial score (nSPS) is 13.2. The lowest BCUT2D eigenvalue weighted by atomic mass is 10.1. The Balaban J connectivity index is 2.26. The van der Waals surface area contributed by atoms with E-state index in [4.69, 9.17) is 9.84 Å². The van der Waals surface area contributed by atoms with Crippen molar-refractivity contribution in [3.8, 4) is 5.75 Å². The minimum atomic E-state index is -1.04. The molecule has 0 bridgehead atoms. The molecule has 1 aromatic rings. The van der Waals surface area contributed by atoms with Gasteiger partial charge < -0.3 is 15.2 Å². The van der Waals surface area contributed by atoms with Crippen molar-refractivity contribution in [1.29, 1.82) is 0 Å². The van der Waals surface area contributed by atoms with Crippen molar-refractivity contribution in [2.45, 2.75) is 6.54 Å².